The van der Waals surface area contributed by atoms with Crippen LogP contribution >= 0.6 is 23.2 Å². The molecule has 5 nitrogen and oxygen atoms in total. The molecular weight excluding hydrogens is 315 g/mol. The fourth-order valence-corrected chi connectivity index (χ4v) is 2.56. The van der Waals surface area contributed by atoms with Crippen LogP contribution in [0.2, 0.25) is 10.0 Å². The van der Waals surface area contributed by atoms with Gasteiger partial charge in [0.1, 0.15) is 5.76 Å². The van der Waals surface area contributed by atoms with Crippen molar-refractivity contribution in [1.29, 1.82) is 0 Å². The largest absolute Gasteiger partial charge is 0.448 e. The molecule has 1 heterocycles. The molecule has 21 heavy (non-hydrogen) atoms. The van der Waals surface area contributed by atoms with Gasteiger partial charge in [-0.25, -0.2) is 4.98 Å². The number of halogens is 2. The minimum atomic E-state index is -1.01. The lowest BCUT2D eigenvalue weighted by Gasteiger charge is -2.15. The molecule has 0 aliphatic carbocycles. The number of hydrogen-bond acceptors (Lipinski definition) is 4. The maximum absolute atomic E-state index is 12.0. The smallest absolute Gasteiger partial charge is 0.273 e. The van der Waals surface area contributed by atoms with Crippen molar-refractivity contribution in [2.75, 3.05) is 6.54 Å². The molecule has 1 aromatic carbocycles. The van der Waals surface area contributed by atoms with Crippen molar-refractivity contribution >= 4 is 29.1 Å². The summed E-state index contributed by atoms with van der Waals surface area (Å²) in [6.07, 6.45) is 0.767. The van der Waals surface area contributed by atoms with Crippen molar-refractivity contribution in [1.82, 2.24) is 10.3 Å². The van der Waals surface area contributed by atoms with Crippen molar-refractivity contribution in [2.45, 2.75) is 19.4 Å². The van der Waals surface area contributed by atoms with Gasteiger partial charge in [-0.1, -0.05) is 36.2 Å². The van der Waals surface area contributed by atoms with E-state index in [4.69, 9.17) is 27.6 Å². The zero-order valence-corrected chi connectivity index (χ0v) is 12.8. The quantitative estimate of drug-likeness (QED) is 0.884. The first kappa shape index (κ1) is 15.8. The van der Waals surface area contributed by atoms with E-state index in [0.29, 0.717) is 27.8 Å². The van der Waals surface area contributed by atoms with E-state index in [9.17, 15) is 9.90 Å². The number of amides is 1. The molecule has 1 aromatic heterocycles. The molecule has 2 aromatic rings. The second kappa shape index (κ2) is 6.93. The molecular formula is C14H14Cl2N2O3. The zero-order chi connectivity index (χ0) is 15.4. The topological polar surface area (TPSA) is 75.4 Å². The van der Waals surface area contributed by atoms with Gasteiger partial charge in [-0.15, -0.1) is 0 Å². The molecule has 0 aliphatic rings. The summed E-state index contributed by atoms with van der Waals surface area (Å²) in [5.41, 5.74) is 0.604. The van der Waals surface area contributed by atoms with E-state index >= 15 is 0 Å². The normalized spacial score (nSPS) is 12.2. The number of carbonyl (C=O) groups is 1. The van der Waals surface area contributed by atoms with Crippen molar-refractivity contribution < 1.29 is 14.3 Å². The molecule has 0 fully saturated rings. The van der Waals surface area contributed by atoms with Gasteiger partial charge in [-0.3, -0.25) is 4.79 Å². The van der Waals surface area contributed by atoms with Crippen molar-refractivity contribution in [3.8, 4) is 0 Å². The van der Waals surface area contributed by atoms with Gasteiger partial charge in [0, 0.05) is 28.6 Å². The monoisotopic (exact) mass is 328 g/mol. The molecule has 112 valence electrons. The Hall–Kier alpha value is -1.56. The Kier molecular flexibility index (Phi) is 5.22. The third kappa shape index (κ3) is 3.56. The summed E-state index contributed by atoms with van der Waals surface area (Å²) in [6.45, 7) is 1.83. The first-order valence-corrected chi connectivity index (χ1v) is 7.12. The number of nitrogens with one attached hydrogen (secondary N) is 1. The lowest BCUT2D eigenvalue weighted by atomic mass is 10.1. The predicted molar refractivity (Wildman–Crippen MR) is 79.6 cm³/mol. The Morgan fingerprint density at radius 2 is 2.10 bits per heavy atom. The van der Waals surface area contributed by atoms with Crippen LogP contribution in [0, 0.1) is 0 Å². The van der Waals surface area contributed by atoms with Crippen LogP contribution in [0.1, 0.15) is 34.8 Å². The van der Waals surface area contributed by atoms with Crippen LogP contribution in [0.4, 0.5) is 0 Å². The summed E-state index contributed by atoms with van der Waals surface area (Å²) in [5, 5.41) is 13.4. The molecule has 1 amide bonds. The van der Waals surface area contributed by atoms with E-state index < -0.39 is 12.0 Å². The minimum Gasteiger partial charge on any atom is -0.448 e. The highest BCUT2D eigenvalue weighted by atomic mass is 35.5. The molecule has 2 N–H and O–H groups in total. The zero-order valence-electron chi connectivity index (χ0n) is 11.3. The van der Waals surface area contributed by atoms with Gasteiger partial charge in [-0.05, 0) is 12.1 Å². The lowest BCUT2D eigenvalue weighted by Crippen LogP contribution is -2.29. The average Bonchev–Trinajstić information content (AvgIpc) is 2.93. The highest BCUT2D eigenvalue weighted by molar-refractivity contribution is 6.36. The van der Waals surface area contributed by atoms with Crippen molar-refractivity contribution in [3.05, 3.63) is 51.7 Å². The van der Waals surface area contributed by atoms with Gasteiger partial charge < -0.3 is 14.8 Å². The number of aliphatic hydroxyl groups excluding tert-OH is 1. The van der Waals surface area contributed by atoms with Gasteiger partial charge in [0.2, 0.25) is 0 Å². The first-order valence-electron chi connectivity index (χ1n) is 6.37. The second-order valence-electron chi connectivity index (χ2n) is 4.34. The van der Waals surface area contributed by atoms with Crippen molar-refractivity contribution in [3.63, 3.8) is 0 Å². The van der Waals surface area contributed by atoms with Crippen LogP contribution in [-0.4, -0.2) is 22.5 Å². The summed E-state index contributed by atoms with van der Waals surface area (Å²) in [7, 11) is 0. The average molecular weight is 329 g/mol. The van der Waals surface area contributed by atoms with Gasteiger partial charge in [0.25, 0.3) is 5.91 Å². The SMILES string of the molecule is CCc1ocnc1C(=O)NC[C@H](O)c1c(Cl)cccc1Cl. The fourth-order valence-electron chi connectivity index (χ4n) is 1.91. The Bertz CT molecular complexity index is 623. The number of carbonyl (C=O) groups excluding carboxylic acids is 1. The van der Waals surface area contributed by atoms with Crippen LogP contribution < -0.4 is 5.32 Å². The Labute approximate surface area is 131 Å². The van der Waals surface area contributed by atoms with E-state index in [1.165, 1.54) is 6.39 Å². The number of rotatable bonds is 5. The number of oxazole rings is 1. The van der Waals surface area contributed by atoms with E-state index in [0.717, 1.165) is 0 Å². The van der Waals surface area contributed by atoms with E-state index in [1.54, 1.807) is 18.2 Å². The van der Waals surface area contributed by atoms with Crippen LogP contribution in [0.5, 0.6) is 0 Å². The van der Waals surface area contributed by atoms with Gasteiger partial charge in [-0.2, -0.15) is 0 Å². The number of aliphatic hydroxyl groups is 1. The van der Waals surface area contributed by atoms with Gasteiger partial charge in [0.05, 0.1) is 6.10 Å². The summed E-state index contributed by atoms with van der Waals surface area (Å²) in [5.74, 6) is 0.0839. The number of aromatic nitrogens is 1. The predicted octanol–water partition coefficient (Wildman–Crippen LogP) is 3.01. The Balaban J connectivity index is 2.04. The molecule has 0 bridgehead atoms. The maximum Gasteiger partial charge on any atom is 0.273 e. The molecule has 0 spiro atoms. The Morgan fingerprint density at radius 1 is 1.43 bits per heavy atom. The molecule has 0 saturated heterocycles. The molecule has 1 atom stereocenters. The highest BCUT2D eigenvalue weighted by Gasteiger charge is 2.19. The van der Waals surface area contributed by atoms with E-state index in [-0.39, 0.29) is 12.2 Å². The minimum absolute atomic E-state index is 0.0295. The molecule has 0 aliphatic heterocycles. The number of benzene rings is 1. The summed E-state index contributed by atoms with van der Waals surface area (Å²) >= 11 is 12.0. The second-order valence-corrected chi connectivity index (χ2v) is 5.15. The molecule has 2 rings (SSSR count). The van der Waals surface area contributed by atoms with Crippen LogP contribution in [-0.2, 0) is 6.42 Å². The van der Waals surface area contributed by atoms with Crippen LogP contribution in [0.15, 0.2) is 29.0 Å². The third-order valence-corrected chi connectivity index (χ3v) is 3.63. The lowest BCUT2D eigenvalue weighted by molar-refractivity contribution is 0.0910. The molecule has 0 unspecified atom stereocenters. The Morgan fingerprint density at radius 3 is 2.71 bits per heavy atom. The van der Waals surface area contributed by atoms with Crippen molar-refractivity contribution in [2.24, 2.45) is 0 Å². The van der Waals surface area contributed by atoms with E-state index in [1.807, 2.05) is 6.92 Å². The number of aryl methyl sites for hydroxylation is 1. The number of hydrogen-bond donors (Lipinski definition) is 2. The van der Waals surface area contributed by atoms with E-state index in [2.05, 4.69) is 10.3 Å². The summed E-state index contributed by atoms with van der Waals surface area (Å²) in [4.78, 5) is 15.8. The number of nitrogens with zero attached hydrogens (tertiary/aromatic N) is 1. The van der Waals surface area contributed by atoms with Crippen LogP contribution in [0.25, 0.3) is 0 Å². The molecule has 0 radical (unpaired) electrons. The summed E-state index contributed by atoms with van der Waals surface area (Å²) < 4.78 is 5.09. The first-order chi connectivity index (χ1) is 10.0. The summed E-state index contributed by atoms with van der Waals surface area (Å²) in [6, 6.07) is 4.93. The van der Waals surface area contributed by atoms with Gasteiger partial charge >= 0.3 is 0 Å². The highest BCUT2D eigenvalue weighted by Crippen LogP contribution is 2.29. The van der Waals surface area contributed by atoms with Crippen LogP contribution in [0.3, 0.4) is 0 Å². The fraction of sp³-hybridized carbons (Fsp3) is 0.286. The third-order valence-electron chi connectivity index (χ3n) is 2.97. The maximum atomic E-state index is 12.0. The van der Waals surface area contributed by atoms with Gasteiger partial charge in [0.15, 0.2) is 12.1 Å². The molecule has 0 saturated carbocycles. The standard InChI is InChI=1S/C14H14Cl2N2O3/c1-2-11-13(18-7-21-11)14(20)17-6-10(19)12-8(15)4-3-5-9(12)16/h3-5,7,10,19H,2,6H2,1H3,(H,17,20)/t10-/m0/s1. The molecule has 7 heteroatoms.